The van der Waals surface area contributed by atoms with E-state index in [-0.39, 0.29) is 5.92 Å². The second-order valence-electron chi connectivity index (χ2n) is 3.71. The average Bonchev–Trinajstić information content (AvgIpc) is 2.81. The van der Waals surface area contributed by atoms with E-state index in [9.17, 15) is 9.90 Å². The molecule has 86 valence electrons. The molecule has 0 aliphatic heterocycles. The zero-order valence-electron chi connectivity index (χ0n) is 9.30. The molecule has 0 radical (unpaired) electrons. The lowest BCUT2D eigenvalue weighted by Gasteiger charge is -2.12. The maximum Gasteiger partial charge on any atom is 0.347 e. The summed E-state index contributed by atoms with van der Waals surface area (Å²) < 4.78 is 1.91. The third-order valence-corrected chi connectivity index (χ3v) is 3.93. The van der Waals surface area contributed by atoms with Crippen LogP contribution in [0.2, 0.25) is 0 Å². The van der Waals surface area contributed by atoms with Crippen LogP contribution in [0.25, 0.3) is 4.96 Å². The highest BCUT2D eigenvalue weighted by Gasteiger charge is 2.23. The lowest BCUT2D eigenvalue weighted by molar-refractivity contribution is 0.0700. The Morgan fingerprint density at radius 2 is 2.25 bits per heavy atom. The third kappa shape index (κ3) is 1.61. The summed E-state index contributed by atoms with van der Waals surface area (Å²) in [5.41, 5.74) is 0.898. The summed E-state index contributed by atoms with van der Waals surface area (Å²) in [6.07, 6.45) is 5.44. The van der Waals surface area contributed by atoms with E-state index in [4.69, 9.17) is 0 Å². The van der Waals surface area contributed by atoms with Crippen molar-refractivity contribution in [2.75, 3.05) is 0 Å². The van der Waals surface area contributed by atoms with Crippen molar-refractivity contribution in [1.82, 2.24) is 9.38 Å². The molecule has 0 aromatic carbocycles. The molecule has 0 saturated carbocycles. The van der Waals surface area contributed by atoms with Crippen LogP contribution in [-0.2, 0) is 0 Å². The predicted molar refractivity (Wildman–Crippen MR) is 63.4 cm³/mol. The average molecular weight is 238 g/mol. The van der Waals surface area contributed by atoms with E-state index >= 15 is 0 Å². The molecule has 0 aliphatic rings. The predicted octanol–water partition coefficient (Wildman–Crippen LogP) is 3.00. The van der Waals surface area contributed by atoms with Crippen molar-refractivity contribution in [3.63, 3.8) is 0 Å². The number of nitrogens with zero attached hydrogens (tertiary/aromatic N) is 2. The van der Waals surface area contributed by atoms with Gasteiger partial charge in [-0.1, -0.05) is 25.2 Å². The summed E-state index contributed by atoms with van der Waals surface area (Å²) in [5, 5.41) is 9.19. The zero-order chi connectivity index (χ0) is 11.7. The van der Waals surface area contributed by atoms with Gasteiger partial charge in [-0.3, -0.25) is 4.40 Å². The fourth-order valence-electron chi connectivity index (χ4n) is 2.01. The number of fused-ring (bicyclic) bond motifs is 1. The fraction of sp³-hybridized carbons (Fsp3) is 0.455. The van der Waals surface area contributed by atoms with E-state index in [1.807, 2.05) is 10.6 Å². The van der Waals surface area contributed by atoms with Gasteiger partial charge in [0.15, 0.2) is 4.96 Å². The number of hydrogen-bond donors (Lipinski definition) is 1. The van der Waals surface area contributed by atoms with Gasteiger partial charge in [0.05, 0.1) is 5.69 Å². The molecule has 0 bridgehead atoms. The highest BCUT2D eigenvalue weighted by Crippen LogP contribution is 2.32. The topological polar surface area (TPSA) is 54.6 Å². The Morgan fingerprint density at radius 3 is 2.81 bits per heavy atom. The van der Waals surface area contributed by atoms with Gasteiger partial charge in [-0.25, -0.2) is 9.78 Å². The normalized spacial score (nSPS) is 11.4. The summed E-state index contributed by atoms with van der Waals surface area (Å²) in [6.45, 7) is 4.17. The number of carboxylic acid groups (broad SMARTS) is 1. The summed E-state index contributed by atoms with van der Waals surface area (Å²) in [5.74, 6) is -0.563. The first kappa shape index (κ1) is 11.1. The first-order valence-electron chi connectivity index (χ1n) is 5.38. The second-order valence-corrected chi connectivity index (χ2v) is 4.69. The molecule has 2 aromatic rings. The van der Waals surface area contributed by atoms with Gasteiger partial charge in [-0.05, 0) is 12.8 Å². The molecule has 0 spiro atoms. The van der Waals surface area contributed by atoms with Gasteiger partial charge in [0, 0.05) is 18.3 Å². The number of carbonyl (C=O) groups is 1. The number of rotatable bonds is 4. The highest BCUT2D eigenvalue weighted by atomic mass is 32.1. The van der Waals surface area contributed by atoms with E-state index in [2.05, 4.69) is 18.8 Å². The Hall–Kier alpha value is -1.36. The zero-order valence-corrected chi connectivity index (χ0v) is 10.1. The van der Waals surface area contributed by atoms with E-state index < -0.39 is 5.97 Å². The molecule has 2 rings (SSSR count). The maximum absolute atomic E-state index is 11.2. The van der Waals surface area contributed by atoms with Crippen LogP contribution in [0.15, 0.2) is 12.4 Å². The molecular formula is C11H14N2O2S. The Bertz CT molecular complexity index is 511. The van der Waals surface area contributed by atoms with Crippen molar-refractivity contribution in [3.05, 3.63) is 23.0 Å². The van der Waals surface area contributed by atoms with Crippen LogP contribution in [0.3, 0.4) is 0 Å². The molecule has 2 heterocycles. The van der Waals surface area contributed by atoms with Gasteiger partial charge >= 0.3 is 5.97 Å². The number of aromatic carboxylic acids is 1. The van der Waals surface area contributed by atoms with Gasteiger partial charge in [-0.2, -0.15) is 0 Å². The first-order valence-corrected chi connectivity index (χ1v) is 6.19. The quantitative estimate of drug-likeness (QED) is 0.890. The van der Waals surface area contributed by atoms with Gasteiger partial charge in [-0.15, -0.1) is 0 Å². The minimum absolute atomic E-state index is 0.286. The van der Waals surface area contributed by atoms with E-state index in [1.165, 1.54) is 11.3 Å². The third-order valence-electron chi connectivity index (χ3n) is 2.86. The number of carboxylic acids is 1. The molecule has 0 fully saturated rings. The SMILES string of the molecule is CCC(CC)c1c(C(=O)O)sc2nccn12. The summed E-state index contributed by atoms with van der Waals surface area (Å²) in [7, 11) is 0. The van der Waals surface area contributed by atoms with Crippen LogP contribution in [0.1, 0.15) is 48.0 Å². The number of aromatic nitrogens is 2. The van der Waals surface area contributed by atoms with Crippen LogP contribution in [0.5, 0.6) is 0 Å². The van der Waals surface area contributed by atoms with Crippen molar-refractivity contribution in [3.8, 4) is 0 Å². The molecule has 0 amide bonds. The minimum Gasteiger partial charge on any atom is -0.477 e. The van der Waals surface area contributed by atoms with Crippen LogP contribution in [-0.4, -0.2) is 20.5 Å². The molecule has 1 N–H and O–H groups in total. The molecule has 2 aromatic heterocycles. The van der Waals surface area contributed by atoms with Gasteiger partial charge in [0.2, 0.25) is 0 Å². The standard InChI is InChI=1S/C11H14N2O2S/c1-3-7(4-2)8-9(10(14)15)16-11-12-5-6-13(8)11/h5-7H,3-4H2,1-2H3,(H,14,15). The van der Waals surface area contributed by atoms with E-state index in [0.29, 0.717) is 4.88 Å². The molecule has 0 unspecified atom stereocenters. The number of hydrogen-bond acceptors (Lipinski definition) is 3. The molecule has 0 atom stereocenters. The Kier molecular flexibility index (Phi) is 2.96. The van der Waals surface area contributed by atoms with E-state index in [1.54, 1.807) is 6.20 Å². The Labute approximate surface area is 97.6 Å². The highest BCUT2D eigenvalue weighted by molar-refractivity contribution is 7.19. The smallest absolute Gasteiger partial charge is 0.347 e. The first-order chi connectivity index (χ1) is 7.69. The van der Waals surface area contributed by atoms with Crippen molar-refractivity contribution in [2.24, 2.45) is 0 Å². The van der Waals surface area contributed by atoms with Gasteiger partial charge in [0.1, 0.15) is 4.88 Å². The molecule has 16 heavy (non-hydrogen) atoms. The molecular weight excluding hydrogens is 224 g/mol. The lowest BCUT2D eigenvalue weighted by Crippen LogP contribution is -2.06. The number of imidazole rings is 1. The molecule has 5 heteroatoms. The van der Waals surface area contributed by atoms with Crippen molar-refractivity contribution in [1.29, 1.82) is 0 Å². The van der Waals surface area contributed by atoms with Crippen LogP contribution in [0, 0.1) is 0 Å². The molecule has 0 aliphatic carbocycles. The Morgan fingerprint density at radius 1 is 1.56 bits per heavy atom. The van der Waals surface area contributed by atoms with Crippen LogP contribution in [0.4, 0.5) is 0 Å². The van der Waals surface area contributed by atoms with Crippen molar-refractivity contribution >= 4 is 22.3 Å². The van der Waals surface area contributed by atoms with Gasteiger partial charge in [0.25, 0.3) is 0 Å². The minimum atomic E-state index is -0.850. The summed E-state index contributed by atoms with van der Waals surface area (Å²) >= 11 is 1.25. The van der Waals surface area contributed by atoms with Crippen LogP contribution >= 0.6 is 11.3 Å². The Balaban J connectivity index is 2.65. The van der Waals surface area contributed by atoms with Gasteiger partial charge < -0.3 is 5.11 Å². The monoisotopic (exact) mass is 238 g/mol. The van der Waals surface area contributed by atoms with Crippen LogP contribution < -0.4 is 0 Å². The summed E-state index contributed by atoms with van der Waals surface area (Å²) in [6, 6.07) is 0. The lowest BCUT2D eigenvalue weighted by atomic mass is 9.98. The fourth-order valence-corrected chi connectivity index (χ4v) is 3.02. The maximum atomic E-state index is 11.2. The number of thiazole rings is 1. The largest absolute Gasteiger partial charge is 0.477 e. The molecule has 0 saturated heterocycles. The summed E-state index contributed by atoms with van der Waals surface area (Å²) in [4.78, 5) is 16.5. The second kappa shape index (κ2) is 4.25. The van der Waals surface area contributed by atoms with Crippen molar-refractivity contribution in [2.45, 2.75) is 32.6 Å². The molecule has 4 nitrogen and oxygen atoms in total. The van der Waals surface area contributed by atoms with E-state index in [0.717, 1.165) is 23.5 Å². The van der Waals surface area contributed by atoms with Crippen molar-refractivity contribution < 1.29 is 9.90 Å².